The second-order valence-electron chi connectivity index (χ2n) is 14.3. The summed E-state index contributed by atoms with van der Waals surface area (Å²) in [6, 6.07) is 17.6. The Labute approximate surface area is 281 Å². The van der Waals surface area contributed by atoms with Crippen LogP contribution in [0.1, 0.15) is 66.8 Å². The molecule has 3 aromatic rings. The fourth-order valence-corrected chi connectivity index (χ4v) is 7.93. The first-order chi connectivity index (χ1) is 23.2. The zero-order valence-corrected chi connectivity index (χ0v) is 27.8. The largest absolute Gasteiger partial charge is 0.342 e. The number of nitrogens with zero attached hydrogens (tertiary/aromatic N) is 3. The van der Waals surface area contributed by atoms with Gasteiger partial charge in [0.05, 0.1) is 5.41 Å². The van der Waals surface area contributed by atoms with Crippen LogP contribution in [0.2, 0.25) is 0 Å². The van der Waals surface area contributed by atoms with Crippen LogP contribution in [-0.2, 0) is 50.5 Å². The highest BCUT2D eigenvalue weighted by Gasteiger charge is 2.51. The minimum Gasteiger partial charge on any atom is -0.342 e. The first kappa shape index (κ1) is 32.0. The van der Waals surface area contributed by atoms with E-state index in [1.165, 1.54) is 0 Å². The zero-order chi connectivity index (χ0) is 33.5. The summed E-state index contributed by atoms with van der Waals surface area (Å²) in [5.41, 5.74) is 4.34. The molecule has 2 aliphatic heterocycles. The Kier molecular flexibility index (Phi) is 8.53. The van der Waals surface area contributed by atoms with Crippen molar-refractivity contribution >= 4 is 35.1 Å². The van der Waals surface area contributed by atoms with Crippen LogP contribution in [0.3, 0.4) is 0 Å². The number of anilines is 2. The van der Waals surface area contributed by atoms with E-state index in [0.717, 1.165) is 47.1 Å². The number of nitrogens with one attached hydrogen (secondary N) is 3. The average molecular weight is 649 g/mol. The molecule has 3 heterocycles. The number of fused-ring (bicyclic) bond motifs is 3. The first-order valence-electron chi connectivity index (χ1n) is 17.2. The maximum atomic E-state index is 14.4. The van der Waals surface area contributed by atoms with Gasteiger partial charge in [0.25, 0.3) is 0 Å². The van der Waals surface area contributed by atoms with Gasteiger partial charge in [0, 0.05) is 55.0 Å². The van der Waals surface area contributed by atoms with E-state index in [-0.39, 0.29) is 36.1 Å². The summed E-state index contributed by atoms with van der Waals surface area (Å²) >= 11 is 0. The van der Waals surface area contributed by atoms with Gasteiger partial charge in [0.15, 0.2) is 0 Å². The van der Waals surface area contributed by atoms with Crippen LogP contribution in [0.4, 0.5) is 11.5 Å². The number of hydrogen-bond donors (Lipinski definition) is 3. The van der Waals surface area contributed by atoms with Crippen LogP contribution in [0.15, 0.2) is 60.8 Å². The Morgan fingerprint density at radius 1 is 1.00 bits per heavy atom. The highest BCUT2D eigenvalue weighted by molar-refractivity contribution is 6.06. The highest BCUT2D eigenvalue weighted by atomic mass is 16.2. The second kappa shape index (κ2) is 12.8. The van der Waals surface area contributed by atoms with Crippen molar-refractivity contribution in [3.05, 3.63) is 88.6 Å². The fourth-order valence-electron chi connectivity index (χ4n) is 7.93. The number of rotatable bonds is 9. The number of benzene rings is 2. The van der Waals surface area contributed by atoms with Crippen molar-refractivity contribution in [2.24, 2.45) is 11.3 Å². The molecule has 1 spiro atoms. The van der Waals surface area contributed by atoms with Crippen molar-refractivity contribution in [2.75, 3.05) is 37.3 Å². The molecule has 1 atom stereocenters. The summed E-state index contributed by atoms with van der Waals surface area (Å²) in [5, 5.41) is 9.19. The summed E-state index contributed by atoms with van der Waals surface area (Å²) in [6.45, 7) is 3.95. The molecule has 4 aliphatic rings. The lowest BCUT2D eigenvalue weighted by molar-refractivity contribution is -0.150. The lowest BCUT2D eigenvalue weighted by Gasteiger charge is -2.42. The van der Waals surface area contributed by atoms with E-state index in [4.69, 9.17) is 0 Å². The van der Waals surface area contributed by atoms with Gasteiger partial charge in [-0.25, -0.2) is 4.98 Å². The summed E-state index contributed by atoms with van der Waals surface area (Å²) in [7, 11) is 1.89. The molecule has 0 radical (unpaired) electrons. The smallest absolute Gasteiger partial charge is 0.244 e. The monoisotopic (exact) mass is 648 g/mol. The summed E-state index contributed by atoms with van der Waals surface area (Å²) < 4.78 is 0. The van der Waals surface area contributed by atoms with Crippen LogP contribution < -0.4 is 16.0 Å². The van der Waals surface area contributed by atoms with Crippen molar-refractivity contribution in [2.45, 2.75) is 70.4 Å². The third kappa shape index (κ3) is 5.87. The van der Waals surface area contributed by atoms with E-state index in [0.29, 0.717) is 63.4 Å². The van der Waals surface area contributed by atoms with Gasteiger partial charge in [-0.2, -0.15) is 0 Å². The molecule has 1 saturated heterocycles. The van der Waals surface area contributed by atoms with Gasteiger partial charge in [-0.1, -0.05) is 49.7 Å². The predicted molar refractivity (Wildman–Crippen MR) is 183 cm³/mol. The molecular formula is C38H44N6O4. The van der Waals surface area contributed by atoms with Crippen molar-refractivity contribution in [1.29, 1.82) is 0 Å². The van der Waals surface area contributed by atoms with E-state index in [9.17, 15) is 19.2 Å². The Bertz CT molecular complexity index is 1760. The first-order valence-corrected chi connectivity index (χ1v) is 17.2. The zero-order valence-electron chi connectivity index (χ0n) is 27.8. The Morgan fingerprint density at radius 2 is 1.75 bits per heavy atom. The third-order valence-electron chi connectivity index (χ3n) is 11.1. The van der Waals surface area contributed by atoms with Gasteiger partial charge in [-0.05, 0) is 86.0 Å². The minimum atomic E-state index is -0.688. The van der Waals surface area contributed by atoms with Gasteiger partial charge >= 0.3 is 0 Å². The van der Waals surface area contributed by atoms with Crippen molar-refractivity contribution in [3.8, 4) is 0 Å². The number of hydrogen-bond acceptors (Lipinski definition) is 6. The standard InChI is InChI=1S/C38H44N6O4/c1-37(14-17-43(18-15-37)34(46)25-9-5-10-25)36(48)44(23-28-8-4-3-7-27(28)22-39-2)24-32(45)41-30-13-12-26-20-38(21-29(26)19-30)31-11-6-16-40-33(31)42-35(38)47/h3-4,6-8,11-13,16,19,25,39H,5,9-10,14-15,17-18,20-24H2,1-2H3,(H,41,45)(H,40,42,47). The SMILES string of the molecule is CNCc1ccccc1CN(CC(=O)Nc1ccc2c(c1)CC1(C2)C(=O)Nc2ncccc21)C(=O)C1(C)CCN(C(=O)C2CCC2)CC1. The van der Waals surface area contributed by atoms with Crippen LogP contribution in [0, 0.1) is 11.3 Å². The molecule has 2 aromatic carbocycles. The molecule has 10 heteroatoms. The number of piperidine rings is 1. The van der Waals surface area contributed by atoms with Gasteiger partial charge in [-0.3, -0.25) is 19.2 Å². The summed E-state index contributed by atoms with van der Waals surface area (Å²) in [4.78, 5) is 62.1. The summed E-state index contributed by atoms with van der Waals surface area (Å²) in [6.07, 6.45) is 6.97. The van der Waals surface area contributed by atoms with E-state index in [1.54, 1.807) is 11.1 Å². The lowest BCUT2D eigenvalue weighted by Crippen LogP contribution is -2.52. The van der Waals surface area contributed by atoms with Gasteiger partial charge in [0.2, 0.25) is 23.6 Å². The molecule has 1 saturated carbocycles. The molecule has 1 aromatic heterocycles. The number of pyridine rings is 1. The Morgan fingerprint density at radius 3 is 2.48 bits per heavy atom. The van der Waals surface area contributed by atoms with Gasteiger partial charge in [-0.15, -0.1) is 0 Å². The third-order valence-corrected chi connectivity index (χ3v) is 11.1. The summed E-state index contributed by atoms with van der Waals surface area (Å²) in [5.74, 6) is 0.593. The average Bonchev–Trinajstić information content (AvgIpc) is 3.57. The molecule has 10 nitrogen and oxygen atoms in total. The fraction of sp³-hybridized carbons (Fsp3) is 0.447. The molecule has 2 aliphatic carbocycles. The topological polar surface area (TPSA) is 124 Å². The van der Waals surface area contributed by atoms with Crippen molar-refractivity contribution < 1.29 is 19.2 Å². The normalized spacial score (nSPS) is 20.9. The van der Waals surface area contributed by atoms with Crippen molar-refractivity contribution in [3.63, 3.8) is 0 Å². The molecule has 250 valence electrons. The van der Waals surface area contributed by atoms with Crippen LogP contribution in [0.25, 0.3) is 0 Å². The minimum absolute atomic E-state index is 0.0440. The number of aromatic nitrogens is 1. The highest BCUT2D eigenvalue weighted by Crippen LogP contribution is 2.47. The van der Waals surface area contributed by atoms with Crippen LogP contribution in [-0.4, -0.2) is 65.1 Å². The van der Waals surface area contributed by atoms with Gasteiger partial charge < -0.3 is 25.8 Å². The van der Waals surface area contributed by atoms with E-state index in [2.05, 4.69) is 20.9 Å². The van der Waals surface area contributed by atoms with Crippen LogP contribution in [0.5, 0.6) is 0 Å². The maximum Gasteiger partial charge on any atom is 0.244 e. The predicted octanol–water partition coefficient (Wildman–Crippen LogP) is 4.19. The molecule has 3 N–H and O–H groups in total. The molecule has 0 bridgehead atoms. The second-order valence-corrected chi connectivity index (χ2v) is 14.3. The molecule has 2 fully saturated rings. The number of amides is 4. The van der Waals surface area contributed by atoms with E-state index < -0.39 is 10.8 Å². The quantitative estimate of drug-likeness (QED) is 0.320. The molecule has 1 unspecified atom stereocenters. The van der Waals surface area contributed by atoms with Gasteiger partial charge in [0.1, 0.15) is 12.4 Å². The number of carbonyl (C=O) groups is 4. The Balaban J connectivity index is 1.07. The maximum absolute atomic E-state index is 14.4. The molecule has 7 rings (SSSR count). The molecule has 4 amide bonds. The number of carbonyl (C=O) groups excluding carboxylic acids is 4. The van der Waals surface area contributed by atoms with Crippen LogP contribution >= 0.6 is 0 Å². The Hall–Kier alpha value is -4.57. The van der Waals surface area contributed by atoms with E-state index >= 15 is 0 Å². The molecule has 48 heavy (non-hydrogen) atoms. The lowest BCUT2D eigenvalue weighted by atomic mass is 9.77. The molecular weight excluding hydrogens is 604 g/mol. The van der Waals surface area contributed by atoms with Crippen molar-refractivity contribution in [1.82, 2.24) is 20.1 Å². The number of likely N-dealkylation sites (tertiary alicyclic amines) is 1. The van der Waals surface area contributed by atoms with E-state index in [1.807, 2.05) is 73.5 Å².